The number of anilines is 1. The van der Waals surface area contributed by atoms with E-state index in [1.54, 1.807) is 37.5 Å². The van der Waals surface area contributed by atoms with Crippen molar-refractivity contribution in [2.45, 2.75) is 202 Å². The molecule has 0 aliphatic carbocycles. The lowest BCUT2D eigenvalue weighted by molar-refractivity contribution is -0.117. The monoisotopic (exact) mass is 1260 g/mol. The minimum absolute atomic E-state index is 0.0584. The number of aromatic nitrogens is 16. The summed E-state index contributed by atoms with van der Waals surface area (Å²) < 4.78 is 9.72. The molecule has 11 heterocycles. The Hall–Kier alpha value is -9.55. The molecule has 0 saturated heterocycles. The number of hydrogen-bond donors (Lipinski definition) is 4. The van der Waals surface area contributed by atoms with Crippen LogP contribution in [0.3, 0.4) is 0 Å². The van der Waals surface area contributed by atoms with Crippen LogP contribution in [0.5, 0.6) is 0 Å². The predicted molar refractivity (Wildman–Crippen MR) is 366 cm³/mol. The van der Waals surface area contributed by atoms with Crippen LogP contribution in [0.1, 0.15) is 206 Å². The zero-order valence-electron chi connectivity index (χ0n) is 58.5. The topological polar surface area (TPSA) is 289 Å². The molecule has 11 rings (SSSR count). The van der Waals surface area contributed by atoms with Crippen LogP contribution in [0.4, 0.5) is 5.82 Å². The third-order valence-electron chi connectivity index (χ3n) is 14.6. The van der Waals surface area contributed by atoms with Crippen LogP contribution in [0, 0.1) is 46.5 Å². The lowest BCUT2D eigenvalue weighted by atomic mass is 9.88. The standard InChI is InChI=1S/C11H15N3.C11H17N.C10H14N4O.C10H14N4.C9H12N4O.C9H14N2O.C7H11N3O/c1-7(2)14-6-5-10-8(3)12-9(4)13-11(10)14;1-7(2)11-6-8(3)9(4)12-10(11)5;1-6-12-8-7(9(15)13-6)11-5-14(8)10(2,3)4;1-6(2)14-5-11-9-7(3)12-8(4)13-10(9)14;1-5(2)13-4-10-7-8(13)11-6(3)12-9(7)14;1-6(2)11-5-7(3)9(12)10-8(11)4;1-5(2)10-4-8-7(9-10)6(3)11/h5-7H,1-4H3;6-7,11H,5H2,1-4H3;5,12H,1H2,2-4H3,(H,13,15);5-6H,1-4H3;4-5H,1-3H3,(H,11,12,14);5-6H,4H2,1-3H3,(H,10,12);4-5H,1-3H3. The zero-order valence-corrected chi connectivity index (χ0v) is 58.5. The van der Waals surface area contributed by atoms with Gasteiger partial charge in [0.15, 0.2) is 28.3 Å². The molecule has 1 atom stereocenters. The number of nitrogens with zero attached hydrogens (tertiary/aromatic N) is 17. The van der Waals surface area contributed by atoms with Gasteiger partial charge in [0.05, 0.1) is 30.4 Å². The van der Waals surface area contributed by atoms with Gasteiger partial charge in [-0.2, -0.15) is 0 Å². The second kappa shape index (κ2) is 31.0. The van der Waals surface area contributed by atoms with Crippen LogP contribution >= 0.6 is 0 Å². The molecule has 3 aliphatic heterocycles. The third kappa shape index (κ3) is 18.6. The Bertz CT molecular complexity index is 4050. The smallest absolute Gasteiger partial charge is 0.279 e. The van der Waals surface area contributed by atoms with E-state index in [9.17, 15) is 19.2 Å². The minimum atomic E-state index is -0.211. The second-order valence-electron chi connectivity index (χ2n) is 25.5. The van der Waals surface area contributed by atoms with Crippen molar-refractivity contribution >= 4 is 62.5 Å². The van der Waals surface area contributed by atoms with Crippen LogP contribution in [-0.4, -0.2) is 112 Å². The first-order chi connectivity index (χ1) is 42.8. The van der Waals surface area contributed by atoms with Gasteiger partial charge < -0.3 is 44.1 Å². The van der Waals surface area contributed by atoms with Crippen molar-refractivity contribution in [1.82, 2.24) is 93.4 Å². The number of rotatable bonds is 7. The summed E-state index contributed by atoms with van der Waals surface area (Å²) in [5, 5.41) is 13.4. The molecule has 25 heteroatoms. The third-order valence-corrected chi connectivity index (χ3v) is 14.6. The molecule has 1 unspecified atom stereocenters. The van der Waals surface area contributed by atoms with Gasteiger partial charge >= 0.3 is 0 Å². The van der Waals surface area contributed by atoms with Crippen molar-refractivity contribution < 1.29 is 14.4 Å². The van der Waals surface area contributed by atoms with E-state index in [1.165, 1.54) is 12.5 Å². The SMILES string of the molecule is C=C1N=C(C)C(C)=CC1C(C)C.C=C1NC(=O)C(C)=CN1C(C)C.C=C1NC(=O)c2ncn(C(C)(C)C)c2N1.CC(=O)c1ncn(C(C)C)n1.Cc1nc(C)c2ccn(C(C)C)c2n1.Cc1nc(C)c2ncn(C(C)C)c2n1.Cc1nc2c(ncn2C(C)C)c(=O)[nH]1. The van der Waals surface area contributed by atoms with Crippen molar-refractivity contribution in [3.8, 4) is 0 Å². The number of aryl methyl sites for hydroxylation is 5. The van der Waals surface area contributed by atoms with Crippen molar-refractivity contribution in [1.29, 1.82) is 0 Å². The van der Waals surface area contributed by atoms with Gasteiger partial charge in [-0.25, -0.2) is 49.5 Å². The maximum atomic E-state index is 11.5. The molecule has 8 aromatic heterocycles. The molecule has 92 heavy (non-hydrogen) atoms. The van der Waals surface area contributed by atoms with Gasteiger partial charge in [0.1, 0.15) is 52.4 Å². The van der Waals surface area contributed by atoms with E-state index in [1.807, 2.05) is 123 Å². The lowest BCUT2D eigenvalue weighted by Crippen LogP contribution is -2.40. The largest absolute Gasteiger partial charge is 0.332 e. The first-order valence-electron chi connectivity index (χ1n) is 30.9. The summed E-state index contributed by atoms with van der Waals surface area (Å²) >= 11 is 0. The Morgan fingerprint density at radius 1 is 0.598 bits per heavy atom. The van der Waals surface area contributed by atoms with E-state index in [0.29, 0.717) is 75.9 Å². The number of Topliss-reactive ketones (excluding diaryl/α,β-unsaturated/α-hetero) is 1. The van der Waals surface area contributed by atoms with E-state index in [4.69, 9.17) is 0 Å². The molecule has 8 aromatic rings. The number of nitrogens with one attached hydrogen (secondary N) is 4. The number of fused-ring (bicyclic) bond motifs is 4. The number of ketones is 1. The highest BCUT2D eigenvalue weighted by atomic mass is 16.2. The molecule has 25 nitrogen and oxygen atoms in total. The number of amides is 2. The summed E-state index contributed by atoms with van der Waals surface area (Å²) in [7, 11) is 0. The maximum Gasteiger partial charge on any atom is 0.279 e. The van der Waals surface area contributed by atoms with Gasteiger partial charge in [0.2, 0.25) is 5.82 Å². The number of aromatic amines is 1. The first kappa shape index (κ1) is 73.2. The fraction of sp³-hybridized carbons (Fsp3) is 0.478. The average Bonchev–Trinajstić information content (AvgIpc) is 1.75. The molecule has 0 radical (unpaired) electrons. The summed E-state index contributed by atoms with van der Waals surface area (Å²) in [4.78, 5) is 91.9. The number of carbonyl (C=O) groups is 3. The van der Waals surface area contributed by atoms with E-state index in [2.05, 4.69) is 172 Å². The summed E-state index contributed by atoms with van der Waals surface area (Å²) in [6, 6.07) is 3.76. The van der Waals surface area contributed by atoms with Crippen LogP contribution in [0.25, 0.3) is 33.4 Å². The highest BCUT2D eigenvalue weighted by Gasteiger charge is 2.28. The molecule has 4 N–H and O–H groups in total. The molecule has 0 saturated carbocycles. The summed E-state index contributed by atoms with van der Waals surface area (Å²) in [6.07, 6.45) is 12.9. The predicted octanol–water partition coefficient (Wildman–Crippen LogP) is 12.4. The normalized spacial score (nSPS) is 14.5. The van der Waals surface area contributed by atoms with Gasteiger partial charge in [-0.05, 0) is 163 Å². The first-order valence-corrected chi connectivity index (χ1v) is 30.9. The molecule has 0 spiro atoms. The van der Waals surface area contributed by atoms with Crippen molar-refractivity contribution in [2.75, 3.05) is 5.32 Å². The lowest BCUT2D eigenvalue weighted by Gasteiger charge is -2.31. The summed E-state index contributed by atoms with van der Waals surface area (Å²) in [5.74, 6) is 5.07. The molecule has 494 valence electrons. The second-order valence-corrected chi connectivity index (χ2v) is 25.5. The van der Waals surface area contributed by atoms with Gasteiger partial charge in [0.25, 0.3) is 17.4 Å². The Labute approximate surface area is 540 Å². The van der Waals surface area contributed by atoms with E-state index in [0.717, 1.165) is 62.2 Å². The number of carbonyl (C=O) groups excluding carboxylic acids is 3. The molecule has 0 bridgehead atoms. The number of dihydropyridines is 1. The molecule has 3 aliphatic rings. The van der Waals surface area contributed by atoms with Crippen LogP contribution < -0.4 is 21.5 Å². The fourth-order valence-corrected chi connectivity index (χ4v) is 9.46. The molecular formula is C67H97N21O4. The summed E-state index contributed by atoms with van der Waals surface area (Å²) in [5.41, 5.74) is 10.2. The van der Waals surface area contributed by atoms with Gasteiger partial charge in [-0.3, -0.25) is 24.2 Å². The van der Waals surface area contributed by atoms with E-state index >= 15 is 0 Å². The van der Waals surface area contributed by atoms with Crippen LogP contribution in [0.2, 0.25) is 0 Å². The van der Waals surface area contributed by atoms with Crippen molar-refractivity contribution in [3.05, 3.63) is 149 Å². The van der Waals surface area contributed by atoms with Gasteiger partial charge in [0, 0.05) is 83.4 Å². The van der Waals surface area contributed by atoms with E-state index in [-0.39, 0.29) is 40.8 Å². The Morgan fingerprint density at radius 3 is 1.68 bits per heavy atom. The van der Waals surface area contributed by atoms with E-state index < -0.39 is 0 Å². The highest BCUT2D eigenvalue weighted by molar-refractivity contribution is 6.01. The fourth-order valence-electron chi connectivity index (χ4n) is 9.46. The Morgan fingerprint density at radius 2 is 1.16 bits per heavy atom. The number of hydrogen-bond acceptors (Lipinski definition) is 17. The number of aliphatic imine (C=N–C) groups is 1. The maximum absolute atomic E-state index is 11.5. The van der Waals surface area contributed by atoms with Gasteiger partial charge in [-0.1, -0.05) is 39.7 Å². The number of allylic oxidation sites excluding steroid dienone is 2. The molecule has 0 aromatic carbocycles. The Balaban J connectivity index is 0.000000195. The van der Waals surface area contributed by atoms with Crippen LogP contribution in [0.15, 0.2) is 108 Å². The average molecular weight is 1260 g/mol. The Kier molecular flexibility index (Phi) is 24.6. The van der Waals surface area contributed by atoms with Gasteiger partial charge in [-0.15, -0.1) is 5.10 Å². The quantitative estimate of drug-likeness (QED) is 0.108. The van der Waals surface area contributed by atoms with Crippen molar-refractivity contribution in [2.24, 2.45) is 16.8 Å². The van der Waals surface area contributed by atoms with Crippen LogP contribution in [-0.2, 0) is 10.3 Å². The zero-order chi connectivity index (χ0) is 69.1. The highest BCUT2D eigenvalue weighted by Crippen LogP contribution is 2.29. The summed E-state index contributed by atoms with van der Waals surface area (Å²) in [6.45, 7) is 59.6. The molecular weight excluding hydrogens is 1160 g/mol. The molecule has 0 fully saturated rings. The number of imidazole rings is 3. The number of H-pyrrole nitrogens is 1. The van der Waals surface area contributed by atoms with Crippen molar-refractivity contribution in [3.63, 3.8) is 0 Å². The minimum Gasteiger partial charge on any atom is -0.332 e. The molecule has 2 amide bonds.